The van der Waals surface area contributed by atoms with Gasteiger partial charge in [0.25, 0.3) is 0 Å². The van der Waals surface area contributed by atoms with Gasteiger partial charge in [-0.15, -0.1) is 0 Å². The first-order chi connectivity index (χ1) is 17.8. The van der Waals surface area contributed by atoms with Crippen LogP contribution in [0.1, 0.15) is 22.3 Å². The van der Waals surface area contributed by atoms with Crippen molar-refractivity contribution >= 4 is 28.4 Å². The maximum Gasteiger partial charge on any atom is 0.179 e. The third-order valence-electron chi connectivity index (χ3n) is 6.92. The van der Waals surface area contributed by atoms with Crippen LogP contribution >= 0.6 is 0 Å². The molecule has 1 aliphatic rings. The SMILES string of the molecule is [C-]#[N+]c1cc([N+]#[C-])cc(N2c3ccccc3C(c3ccccc3)(c3ccccc3)c3ccccc32)c1. The zero-order valence-corrected chi connectivity index (χ0v) is 19.5. The molecule has 0 spiro atoms. The first kappa shape index (κ1) is 21.4. The summed E-state index contributed by atoms with van der Waals surface area (Å²) < 4.78 is 0. The Hall–Kier alpha value is -5.12. The highest BCUT2D eigenvalue weighted by Gasteiger charge is 2.46. The number of hydrogen-bond donors (Lipinski definition) is 0. The molecule has 0 aliphatic carbocycles. The van der Waals surface area contributed by atoms with E-state index in [1.54, 1.807) is 6.07 Å². The Bertz CT molecular complexity index is 1540. The number of fused-ring (bicyclic) bond motifs is 2. The minimum atomic E-state index is -0.535. The first-order valence-electron chi connectivity index (χ1n) is 11.8. The van der Waals surface area contributed by atoms with Crippen LogP contribution in [0.2, 0.25) is 0 Å². The minimum absolute atomic E-state index is 0.455. The first-order valence-corrected chi connectivity index (χ1v) is 11.8. The van der Waals surface area contributed by atoms with E-state index in [1.165, 1.54) is 11.1 Å². The van der Waals surface area contributed by atoms with Crippen LogP contribution in [-0.2, 0) is 5.41 Å². The number of anilines is 3. The van der Waals surface area contributed by atoms with Crippen LogP contribution in [-0.4, -0.2) is 0 Å². The lowest BCUT2D eigenvalue weighted by molar-refractivity contribution is 0.731. The van der Waals surface area contributed by atoms with Gasteiger partial charge in [0.15, 0.2) is 11.4 Å². The Morgan fingerprint density at radius 1 is 0.500 bits per heavy atom. The molecule has 168 valence electrons. The van der Waals surface area contributed by atoms with Gasteiger partial charge in [-0.3, -0.25) is 0 Å². The molecule has 6 rings (SSSR count). The highest BCUT2D eigenvalue weighted by molar-refractivity contribution is 5.91. The molecule has 1 heterocycles. The molecule has 0 aromatic heterocycles. The van der Waals surface area contributed by atoms with Crippen LogP contribution < -0.4 is 4.90 Å². The Labute approximate surface area is 211 Å². The molecule has 0 atom stereocenters. The van der Waals surface area contributed by atoms with Crippen molar-refractivity contribution in [3.05, 3.63) is 172 Å². The molecular weight excluding hydrogens is 438 g/mol. The van der Waals surface area contributed by atoms with Crippen molar-refractivity contribution in [3.8, 4) is 0 Å². The minimum Gasteiger partial charge on any atom is -0.312 e. The lowest BCUT2D eigenvalue weighted by Crippen LogP contribution is -2.37. The van der Waals surface area contributed by atoms with Crippen LogP contribution in [0.4, 0.5) is 28.4 Å². The summed E-state index contributed by atoms with van der Waals surface area (Å²) in [6.45, 7) is 15.2. The topological polar surface area (TPSA) is 12.0 Å². The maximum atomic E-state index is 7.61. The van der Waals surface area contributed by atoms with Gasteiger partial charge >= 0.3 is 0 Å². The highest BCUT2D eigenvalue weighted by Crippen LogP contribution is 2.57. The monoisotopic (exact) mass is 459 g/mol. The molecule has 5 aromatic rings. The Kier molecular flexibility index (Phi) is 5.11. The van der Waals surface area contributed by atoms with E-state index >= 15 is 0 Å². The molecule has 3 heteroatoms. The fourth-order valence-electron chi connectivity index (χ4n) is 5.53. The molecule has 5 aromatic carbocycles. The molecule has 0 saturated heterocycles. The molecule has 0 N–H and O–H groups in total. The van der Waals surface area contributed by atoms with Crippen LogP contribution in [0.5, 0.6) is 0 Å². The van der Waals surface area contributed by atoms with Gasteiger partial charge in [-0.1, -0.05) is 103 Å². The molecule has 0 fully saturated rings. The van der Waals surface area contributed by atoms with Crippen molar-refractivity contribution in [2.45, 2.75) is 5.41 Å². The fraction of sp³-hybridized carbons (Fsp3) is 0.0303. The average molecular weight is 460 g/mol. The quantitative estimate of drug-likeness (QED) is 0.241. The van der Waals surface area contributed by atoms with E-state index in [1.807, 2.05) is 12.1 Å². The fourth-order valence-corrected chi connectivity index (χ4v) is 5.53. The number of hydrogen-bond acceptors (Lipinski definition) is 1. The largest absolute Gasteiger partial charge is 0.312 e. The summed E-state index contributed by atoms with van der Waals surface area (Å²) in [4.78, 5) is 9.49. The lowest BCUT2D eigenvalue weighted by Gasteiger charge is -2.46. The molecule has 36 heavy (non-hydrogen) atoms. The number of benzene rings is 5. The third kappa shape index (κ3) is 3.12. The normalized spacial score (nSPS) is 13.1. The van der Waals surface area contributed by atoms with Crippen LogP contribution in [0, 0.1) is 13.1 Å². The highest BCUT2D eigenvalue weighted by atomic mass is 15.2. The molecule has 0 saturated carbocycles. The summed E-state index contributed by atoms with van der Waals surface area (Å²) in [5.41, 5.74) is 7.92. The van der Waals surface area contributed by atoms with Crippen molar-refractivity contribution in [3.63, 3.8) is 0 Å². The van der Waals surface area contributed by atoms with Crippen LogP contribution in [0.15, 0.2) is 127 Å². The van der Waals surface area contributed by atoms with Crippen LogP contribution in [0.3, 0.4) is 0 Å². The van der Waals surface area contributed by atoms with E-state index < -0.39 is 5.41 Å². The summed E-state index contributed by atoms with van der Waals surface area (Å²) in [6, 6.07) is 43.6. The second-order valence-corrected chi connectivity index (χ2v) is 8.78. The summed E-state index contributed by atoms with van der Waals surface area (Å²) in [6.07, 6.45) is 0. The lowest BCUT2D eigenvalue weighted by atomic mass is 9.62. The summed E-state index contributed by atoms with van der Waals surface area (Å²) in [7, 11) is 0. The third-order valence-corrected chi connectivity index (χ3v) is 6.92. The molecule has 1 aliphatic heterocycles. The van der Waals surface area contributed by atoms with E-state index in [0.29, 0.717) is 11.4 Å². The maximum absolute atomic E-state index is 7.61. The Balaban J connectivity index is 1.76. The van der Waals surface area contributed by atoms with Gasteiger partial charge in [-0.2, -0.15) is 0 Å². The predicted octanol–water partition coefficient (Wildman–Crippen LogP) is 8.95. The van der Waals surface area contributed by atoms with Crippen molar-refractivity contribution in [2.24, 2.45) is 0 Å². The number of para-hydroxylation sites is 2. The number of rotatable bonds is 3. The van der Waals surface area contributed by atoms with Gasteiger partial charge in [-0.25, -0.2) is 9.69 Å². The molecule has 0 amide bonds. The van der Waals surface area contributed by atoms with E-state index in [0.717, 1.165) is 28.2 Å². The van der Waals surface area contributed by atoms with Crippen molar-refractivity contribution in [1.82, 2.24) is 0 Å². The second kappa shape index (κ2) is 8.58. The van der Waals surface area contributed by atoms with Crippen molar-refractivity contribution in [2.75, 3.05) is 4.90 Å². The van der Waals surface area contributed by atoms with Crippen molar-refractivity contribution in [1.29, 1.82) is 0 Å². The average Bonchev–Trinajstić information content (AvgIpc) is 2.96. The van der Waals surface area contributed by atoms with E-state index in [9.17, 15) is 0 Å². The molecular formula is C33H21N3. The van der Waals surface area contributed by atoms with E-state index in [4.69, 9.17) is 13.1 Å². The molecule has 0 bridgehead atoms. The Morgan fingerprint density at radius 2 is 0.917 bits per heavy atom. The smallest absolute Gasteiger partial charge is 0.179 e. The van der Waals surface area contributed by atoms with Gasteiger partial charge < -0.3 is 4.90 Å². The predicted molar refractivity (Wildman–Crippen MR) is 146 cm³/mol. The van der Waals surface area contributed by atoms with Crippen molar-refractivity contribution < 1.29 is 0 Å². The van der Waals surface area contributed by atoms with Crippen LogP contribution in [0.25, 0.3) is 9.69 Å². The second-order valence-electron chi connectivity index (χ2n) is 8.78. The summed E-state index contributed by atoms with van der Waals surface area (Å²) >= 11 is 0. The van der Waals surface area contributed by atoms with Gasteiger partial charge in [0, 0.05) is 5.69 Å². The zero-order chi connectivity index (χ0) is 24.5. The zero-order valence-electron chi connectivity index (χ0n) is 19.5. The van der Waals surface area contributed by atoms with E-state index in [-0.39, 0.29) is 0 Å². The van der Waals surface area contributed by atoms with Gasteiger partial charge in [0.1, 0.15) is 0 Å². The summed E-state index contributed by atoms with van der Waals surface area (Å²) in [5, 5.41) is 0. The summed E-state index contributed by atoms with van der Waals surface area (Å²) in [5.74, 6) is 0. The molecule has 3 nitrogen and oxygen atoms in total. The van der Waals surface area contributed by atoms with Gasteiger partial charge in [-0.05, 0) is 46.5 Å². The Morgan fingerprint density at radius 3 is 1.36 bits per heavy atom. The van der Waals surface area contributed by atoms with Gasteiger partial charge in [0.05, 0.1) is 29.9 Å². The van der Waals surface area contributed by atoms with Gasteiger partial charge in [0.2, 0.25) is 0 Å². The standard InChI is InChI=1S/C33H21N3/c1-34-26-21-27(35-2)23-28(22-26)36-31-19-11-9-17-29(31)33(24-13-5-3-6-14-24,25-15-7-4-8-16-25)30-18-10-12-20-32(30)36/h3-23H. The van der Waals surface area contributed by atoms with E-state index in [2.05, 4.69) is 124 Å². The number of nitrogens with zero attached hydrogens (tertiary/aromatic N) is 3. The molecule has 0 unspecified atom stereocenters. The molecule has 0 radical (unpaired) electrons.